The Balaban J connectivity index is 1.69. The van der Waals surface area contributed by atoms with Crippen molar-refractivity contribution >= 4 is 18.2 Å². The van der Waals surface area contributed by atoms with E-state index < -0.39 is 0 Å². The number of nitrogens with one attached hydrogen (secondary N) is 1. The molecule has 0 bridgehead atoms. The molecule has 108 valence electrons. The summed E-state index contributed by atoms with van der Waals surface area (Å²) in [5.74, 6) is 0. The highest BCUT2D eigenvalue weighted by Crippen LogP contribution is 2.42. The smallest absolute Gasteiger partial charge is 0.0942 e. The van der Waals surface area contributed by atoms with Crippen molar-refractivity contribution in [2.45, 2.75) is 37.5 Å². The van der Waals surface area contributed by atoms with Gasteiger partial charge in [-0.3, -0.25) is 9.71 Å². The van der Waals surface area contributed by atoms with Gasteiger partial charge in [0.1, 0.15) is 0 Å². The van der Waals surface area contributed by atoms with Crippen LogP contribution in [0.1, 0.15) is 19.8 Å². The third-order valence-corrected chi connectivity index (χ3v) is 5.42. The van der Waals surface area contributed by atoms with Crippen LogP contribution in [0.2, 0.25) is 0 Å². The Morgan fingerprint density at radius 3 is 2.85 bits per heavy atom. The van der Waals surface area contributed by atoms with E-state index in [2.05, 4.69) is 40.9 Å². The van der Waals surface area contributed by atoms with Crippen LogP contribution in [0, 0.1) is 5.41 Å². The fourth-order valence-corrected chi connectivity index (χ4v) is 4.09. The SMILES string of the molecule is C[C@]12C=CC=NC1C(SNC1(CO)CC(O)C1)=CC=C2. The maximum atomic E-state index is 9.51. The first-order chi connectivity index (χ1) is 9.57. The van der Waals surface area contributed by atoms with Crippen LogP contribution in [0.4, 0.5) is 0 Å². The minimum absolute atomic E-state index is 0.0469. The van der Waals surface area contributed by atoms with Gasteiger partial charge in [-0.15, -0.1) is 0 Å². The lowest BCUT2D eigenvalue weighted by atomic mass is 9.76. The molecule has 3 aliphatic rings. The molecule has 0 spiro atoms. The van der Waals surface area contributed by atoms with Crippen molar-refractivity contribution in [3.05, 3.63) is 35.3 Å². The summed E-state index contributed by atoms with van der Waals surface area (Å²) in [6.07, 6.45) is 13.2. The van der Waals surface area contributed by atoms with Gasteiger partial charge in [0.05, 0.1) is 24.3 Å². The molecule has 0 radical (unpaired) electrons. The van der Waals surface area contributed by atoms with E-state index in [0.29, 0.717) is 12.8 Å². The molecule has 2 atom stereocenters. The van der Waals surface area contributed by atoms with Gasteiger partial charge in [-0.25, -0.2) is 0 Å². The topological polar surface area (TPSA) is 64.9 Å². The van der Waals surface area contributed by atoms with E-state index in [0.717, 1.165) is 4.91 Å². The molecule has 20 heavy (non-hydrogen) atoms. The third kappa shape index (κ3) is 2.39. The number of aliphatic hydroxyl groups excluding tert-OH is 2. The standard InChI is InChI=1S/C15H20N2O2S/c1-14-5-2-4-12(13(14)16-7-3-6-14)20-17-15(10-18)8-11(19)9-15/h2-7,11,13,17-19H,8-10H2,1H3/t11?,13?,14-,15?/m0/s1. The van der Waals surface area contributed by atoms with Crippen molar-refractivity contribution in [2.75, 3.05) is 6.61 Å². The van der Waals surface area contributed by atoms with Crippen molar-refractivity contribution in [1.29, 1.82) is 0 Å². The number of hydrogen-bond donors (Lipinski definition) is 3. The molecule has 1 aliphatic heterocycles. The number of aliphatic hydroxyl groups is 2. The molecule has 1 heterocycles. The Kier molecular flexibility index (Phi) is 3.62. The predicted molar refractivity (Wildman–Crippen MR) is 82.5 cm³/mol. The van der Waals surface area contributed by atoms with Crippen LogP contribution in [0.3, 0.4) is 0 Å². The Morgan fingerprint density at radius 2 is 2.15 bits per heavy atom. The molecule has 4 nitrogen and oxygen atoms in total. The van der Waals surface area contributed by atoms with E-state index in [4.69, 9.17) is 0 Å². The molecule has 0 saturated heterocycles. The fourth-order valence-electron chi connectivity index (χ4n) is 2.95. The highest BCUT2D eigenvalue weighted by molar-refractivity contribution is 8.01. The predicted octanol–water partition coefficient (Wildman–Crippen LogP) is 1.58. The first-order valence-electron chi connectivity index (χ1n) is 6.90. The van der Waals surface area contributed by atoms with Crippen LogP contribution in [-0.4, -0.2) is 40.7 Å². The second kappa shape index (κ2) is 5.15. The highest BCUT2D eigenvalue weighted by atomic mass is 32.2. The monoisotopic (exact) mass is 292 g/mol. The van der Waals surface area contributed by atoms with Crippen molar-refractivity contribution in [3.8, 4) is 0 Å². The van der Waals surface area contributed by atoms with Crippen LogP contribution < -0.4 is 4.72 Å². The molecule has 3 N–H and O–H groups in total. The first-order valence-corrected chi connectivity index (χ1v) is 7.72. The molecule has 3 rings (SSSR count). The van der Waals surface area contributed by atoms with Gasteiger partial charge < -0.3 is 10.2 Å². The van der Waals surface area contributed by atoms with Crippen molar-refractivity contribution in [1.82, 2.24) is 4.72 Å². The number of aliphatic imine (C=N–C) groups is 1. The summed E-state index contributed by atoms with van der Waals surface area (Å²) >= 11 is 1.53. The van der Waals surface area contributed by atoms with E-state index in [1.165, 1.54) is 11.9 Å². The van der Waals surface area contributed by atoms with Crippen molar-refractivity contribution in [3.63, 3.8) is 0 Å². The zero-order valence-electron chi connectivity index (χ0n) is 11.5. The Bertz CT molecular complexity index is 506. The summed E-state index contributed by atoms with van der Waals surface area (Å²) in [7, 11) is 0. The number of dihydropyridines is 1. The normalized spacial score (nSPS) is 42.0. The Labute approximate surface area is 123 Å². The average Bonchev–Trinajstić information content (AvgIpc) is 2.41. The molecule has 0 aromatic carbocycles. The minimum atomic E-state index is -0.350. The summed E-state index contributed by atoms with van der Waals surface area (Å²) in [4.78, 5) is 5.73. The molecular formula is C15H20N2O2S. The lowest BCUT2D eigenvalue weighted by Gasteiger charge is -2.45. The van der Waals surface area contributed by atoms with E-state index in [-0.39, 0.29) is 29.7 Å². The second-order valence-electron chi connectivity index (χ2n) is 6.06. The molecule has 0 aromatic heterocycles. The van der Waals surface area contributed by atoms with E-state index in [1.54, 1.807) is 0 Å². The van der Waals surface area contributed by atoms with Crippen LogP contribution in [0.15, 0.2) is 40.3 Å². The largest absolute Gasteiger partial charge is 0.394 e. The number of rotatable bonds is 4. The third-order valence-electron chi connectivity index (χ3n) is 4.29. The fraction of sp³-hybridized carbons (Fsp3) is 0.533. The summed E-state index contributed by atoms with van der Waals surface area (Å²) in [6.45, 7) is 2.22. The summed E-state index contributed by atoms with van der Waals surface area (Å²) < 4.78 is 3.34. The van der Waals surface area contributed by atoms with Crippen LogP contribution in [-0.2, 0) is 0 Å². The molecule has 1 fully saturated rings. The zero-order valence-corrected chi connectivity index (χ0v) is 12.3. The molecule has 0 aromatic rings. The summed E-state index contributed by atoms with van der Waals surface area (Å²) in [5.41, 5.74) is -0.421. The summed E-state index contributed by atoms with van der Waals surface area (Å²) in [6, 6.07) is 0.0933. The van der Waals surface area contributed by atoms with E-state index >= 15 is 0 Å². The molecule has 1 unspecified atom stereocenters. The quantitative estimate of drug-likeness (QED) is 0.688. The number of fused-ring (bicyclic) bond motifs is 1. The van der Waals surface area contributed by atoms with Crippen LogP contribution in [0.5, 0.6) is 0 Å². The van der Waals surface area contributed by atoms with Gasteiger partial charge in [0, 0.05) is 16.5 Å². The molecule has 5 heteroatoms. The average molecular weight is 292 g/mol. The van der Waals surface area contributed by atoms with Gasteiger partial charge in [0.25, 0.3) is 0 Å². The zero-order chi connectivity index (χ0) is 14.2. The highest BCUT2D eigenvalue weighted by Gasteiger charge is 2.44. The van der Waals surface area contributed by atoms with Crippen LogP contribution >= 0.6 is 11.9 Å². The van der Waals surface area contributed by atoms with Crippen molar-refractivity contribution in [2.24, 2.45) is 10.4 Å². The maximum absolute atomic E-state index is 9.51. The Morgan fingerprint density at radius 1 is 1.40 bits per heavy atom. The minimum Gasteiger partial charge on any atom is -0.394 e. The lowest BCUT2D eigenvalue weighted by Crippen LogP contribution is -2.58. The molecular weight excluding hydrogens is 272 g/mol. The molecule has 0 amide bonds. The second-order valence-corrected chi connectivity index (χ2v) is 6.94. The van der Waals surface area contributed by atoms with Crippen LogP contribution in [0.25, 0.3) is 0 Å². The first kappa shape index (κ1) is 14.1. The molecule has 1 saturated carbocycles. The van der Waals surface area contributed by atoms with Gasteiger partial charge in [-0.2, -0.15) is 0 Å². The Hall–Kier alpha value is -0.880. The van der Waals surface area contributed by atoms with Gasteiger partial charge in [0.15, 0.2) is 0 Å². The van der Waals surface area contributed by atoms with Crippen molar-refractivity contribution < 1.29 is 10.2 Å². The van der Waals surface area contributed by atoms with Gasteiger partial charge in [-0.05, 0) is 36.9 Å². The number of allylic oxidation sites excluding steroid dienone is 3. The van der Waals surface area contributed by atoms with Gasteiger partial charge in [0.2, 0.25) is 0 Å². The number of nitrogens with zero attached hydrogens (tertiary/aromatic N) is 1. The van der Waals surface area contributed by atoms with E-state index in [9.17, 15) is 10.2 Å². The lowest BCUT2D eigenvalue weighted by molar-refractivity contribution is -0.0140. The molecule has 2 aliphatic carbocycles. The number of hydrogen-bond acceptors (Lipinski definition) is 5. The van der Waals surface area contributed by atoms with Gasteiger partial charge >= 0.3 is 0 Å². The van der Waals surface area contributed by atoms with Gasteiger partial charge in [-0.1, -0.05) is 25.2 Å². The maximum Gasteiger partial charge on any atom is 0.0942 e. The van der Waals surface area contributed by atoms with E-state index in [1.807, 2.05) is 12.3 Å². The summed E-state index contributed by atoms with van der Waals surface area (Å²) in [5, 5.41) is 19.0.